The minimum atomic E-state index is -0.463. The van der Waals surface area contributed by atoms with Crippen LogP contribution in [0.25, 0.3) is 0 Å². The Labute approximate surface area is 150 Å². The molecule has 2 atom stereocenters. The summed E-state index contributed by atoms with van der Waals surface area (Å²) >= 11 is 0. The fourth-order valence-electron chi connectivity index (χ4n) is 2.77. The van der Waals surface area contributed by atoms with Crippen LogP contribution < -0.4 is 15.8 Å². The third kappa shape index (κ3) is 6.30. The molecule has 24 heavy (non-hydrogen) atoms. The van der Waals surface area contributed by atoms with E-state index in [-0.39, 0.29) is 30.3 Å². The number of carbonyl (C=O) groups excluding carboxylic acids is 1. The molecule has 1 fully saturated rings. The second-order valence-corrected chi connectivity index (χ2v) is 6.19. The maximum absolute atomic E-state index is 12.2. The van der Waals surface area contributed by atoms with Gasteiger partial charge in [-0.2, -0.15) is 0 Å². The van der Waals surface area contributed by atoms with Gasteiger partial charge >= 0.3 is 0 Å². The average Bonchev–Trinajstić information content (AvgIpc) is 2.58. The van der Waals surface area contributed by atoms with Crippen molar-refractivity contribution in [2.24, 2.45) is 11.7 Å². The van der Waals surface area contributed by atoms with Crippen molar-refractivity contribution in [3.63, 3.8) is 0 Å². The molecule has 3 N–H and O–H groups in total. The third-order valence-electron chi connectivity index (χ3n) is 4.33. The Morgan fingerprint density at radius 2 is 2.12 bits per heavy atom. The average molecular weight is 357 g/mol. The van der Waals surface area contributed by atoms with Crippen molar-refractivity contribution < 1.29 is 14.3 Å². The molecule has 0 spiro atoms. The van der Waals surface area contributed by atoms with E-state index in [1.807, 2.05) is 38.1 Å². The minimum absolute atomic E-state index is 0. The lowest BCUT2D eigenvalue weighted by Gasteiger charge is -2.27. The highest BCUT2D eigenvalue weighted by Crippen LogP contribution is 2.18. The summed E-state index contributed by atoms with van der Waals surface area (Å²) in [5.41, 5.74) is 7.24. The number of nitrogens with two attached hydrogens (primary N) is 1. The molecule has 1 saturated heterocycles. The van der Waals surface area contributed by atoms with Crippen LogP contribution in [0.5, 0.6) is 5.75 Å². The summed E-state index contributed by atoms with van der Waals surface area (Å²) in [6.45, 7) is 5.94. The SMILES string of the molecule is CCC(CNC(=O)C(N)C1CCOCC1)Oc1cccc(C)c1.Cl. The van der Waals surface area contributed by atoms with Gasteiger partial charge in [-0.3, -0.25) is 4.79 Å². The van der Waals surface area contributed by atoms with Crippen LogP contribution in [0.1, 0.15) is 31.7 Å². The first-order valence-corrected chi connectivity index (χ1v) is 8.44. The van der Waals surface area contributed by atoms with E-state index in [0.717, 1.165) is 30.6 Å². The summed E-state index contributed by atoms with van der Waals surface area (Å²) in [6, 6.07) is 7.47. The molecule has 0 aliphatic carbocycles. The van der Waals surface area contributed by atoms with Crippen molar-refractivity contribution in [1.82, 2.24) is 5.32 Å². The van der Waals surface area contributed by atoms with E-state index in [9.17, 15) is 4.79 Å². The second-order valence-electron chi connectivity index (χ2n) is 6.19. The number of hydrogen-bond donors (Lipinski definition) is 2. The maximum atomic E-state index is 12.2. The van der Waals surface area contributed by atoms with Gasteiger partial charge in [-0.25, -0.2) is 0 Å². The maximum Gasteiger partial charge on any atom is 0.237 e. The van der Waals surface area contributed by atoms with Crippen molar-refractivity contribution in [2.75, 3.05) is 19.8 Å². The second kappa shape index (κ2) is 10.5. The first kappa shape index (κ1) is 20.7. The standard InChI is InChI=1S/C18H28N2O3.ClH/c1-3-15(23-16-6-4-5-13(2)11-16)12-20-18(21)17(19)14-7-9-22-10-8-14;/h4-6,11,14-15,17H,3,7-10,12,19H2,1-2H3,(H,20,21);1H. The van der Waals surface area contributed by atoms with Gasteiger partial charge in [0.25, 0.3) is 0 Å². The lowest BCUT2D eigenvalue weighted by Crippen LogP contribution is -2.49. The highest BCUT2D eigenvalue weighted by molar-refractivity contribution is 5.85. The molecule has 1 aromatic rings. The normalized spacial score (nSPS) is 17.5. The first-order chi connectivity index (χ1) is 11.1. The Balaban J connectivity index is 0.00000288. The van der Waals surface area contributed by atoms with Crippen molar-refractivity contribution in [3.8, 4) is 5.75 Å². The molecule has 136 valence electrons. The predicted octanol–water partition coefficient (Wildman–Crippen LogP) is 2.44. The van der Waals surface area contributed by atoms with Gasteiger partial charge in [0, 0.05) is 13.2 Å². The zero-order valence-corrected chi connectivity index (χ0v) is 15.3. The summed E-state index contributed by atoms with van der Waals surface area (Å²) in [5.74, 6) is 0.949. The highest BCUT2D eigenvalue weighted by atomic mass is 35.5. The van der Waals surface area contributed by atoms with Crippen LogP contribution in [0.4, 0.5) is 0 Å². The number of carbonyl (C=O) groups is 1. The molecule has 2 unspecified atom stereocenters. The molecule has 6 heteroatoms. The van der Waals surface area contributed by atoms with Crippen LogP contribution in [0, 0.1) is 12.8 Å². The quantitative estimate of drug-likeness (QED) is 0.787. The van der Waals surface area contributed by atoms with Crippen LogP contribution in [-0.4, -0.2) is 37.8 Å². The van der Waals surface area contributed by atoms with E-state index in [4.69, 9.17) is 15.2 Å². The summed E-state index contributed by atoms with van der Waals surface area (Å²) in [5, 5.41) is 2.94. The number of rotatable bonds is 7. The number of hydrogen-bond acceptors (Lipinski definition) is 4. The predicted molar refractivity (Wildman–Crippen MR) is 97.7 cm³/mol. The van der Waals surface area contributed by atoms with Crippen molar-refractivity contribution in [3.05, 3.63) is 29.8 Å². The molecule has 0 saturated carbocycles. The first-order valence-electron chi connectivity index (χ1n) is 8.44. The van der Waals surface area contributed by atoms with Gasteiger partial charge in [-0.1, -0.05) is 19.1 Å². The van der Waals surface area contributed by atoms with Crippen LogP contribution >= 0.6 is 12.4 Å². The molecule has 5 nitrogen and oxygen atoms in total. The number of amides is 1. The van der Waals surface area contributed by atoms with Crippen LogP contribution in [0.3, 0.4) is 0 Å². The zero-order chi connectivity index (χ0) is 16.7. The Bertz CT molecular complexity index is 507. The fourth-order valence-corrected chi connectivity index (χ4v) is 2.77. The van der Waals surface area contributed by atoms with E-state index >= 15 is 0 Å². The monoisotopic (exact) mass is 356 g/mol. The van der Waals surface area contributed by atoms with E-state index in [1.165, 1.54) is 0 Å². The molecule has 1 heterocycles. The number of benzene rings is 1. The Hall–Kier alpha value is -1.30. The summed E-state index contributed by atoms with van der Waals surface area (Å²) < 4.78 is 11.3. The smallest absolute Gasteiger partial charge is 0.237 e. The van der Waals surface area contributed by atoms with Gasteiger partial charge in [0.2, 0.25) is 5.91 Å². The van der Waals surface area contributed by atoms with E-state index < -0.39 is 6.04 Å². The molecular formula is C18H29ClN2O3. The van der Waals surface area contributed by atoms with Crippen molar-refractivity contribution >= 4 is 18.3 Å². The Morgan fingerprint density at radius 1 is 1.42 bits per heavy atom. The van der Waals surface area contributed by atoms with Gasteiger partial charge < -0.3 is 20.5 Å². The van der Waals surface area contributed by atoms with Crippen LogP contribution in [0.15, 0.2) is 24.3 Å². The molecular weight excluding hydrogens is 328 g/mol. The van der Waals surface area contributed by atoms with Crippen molar-refractivity contribution in [2.45, 2.75) is 45.3 Å². The highest BCUT2D eigenvalue weighted by Gasteiger charge is 2.26. The van der Waals surface area contributed by atoms with Gasteiger partial charge in [0.1, 0.15) is 11.9 Å². The lowest BCUT2D eigenvalue weighted by atomic mass is 9.92. The Morgan fingerprint density at radius 3 is 2.75 bits per heavy atom. The van der Waals surface area contributed by atoms with E-state index in [2.05, 4.69) is 5.32 Å². The molecule has 1 aromatic carbocycles. The zero-order valence-electron chi connectivity index (χ0n) is 14.5. The summed E-state index contributed by atoms with van der Waals surface area (Å²) in [6.07, 6.45) is 2.47. The number of nitrogens with one attached hydrogen (secondary N) is 1. The molecule has 1 aliphatic heterocycles. The minimum Gasteiger partial charge on any atom is -0.489 e. The molecule has 2 rings (SSSR count). The fraction of sp³-hybridized carbons (Fsp3) is 0.611. The molecule has 0 aromatic heterocycles. The largest absolute Gasteiger partial charge is 0.489 e. The van der Waals surface area contributed by atoms with E-state index in [0.29, 0.717) is 19.8 Å². The van der Waals surface area contributed by atoms with Gasteiger partial charge in [0.05, 0.1) is 12.6 Å². The lowest BCUT2D eigenvalue weighted by molar-refractivity contribution is -0.124. The molecule has 1 aliphatic rings. The third-order valence-corrected chi connectivity index (χ3v) is 4.33. The number of ether oxygens (including phenoxy) is 2. The molecule has 0 radical (unpaired) electrons. The number of aryl methyl sites for hydroxylation is 1. The molecule has 1 amide bonds. The van der Waals surface area contributed by atoms with Crippen LogP contribution in [-0.2, 0) is 9.53 Å². The topological polar surface area (TPSA) is 73.6 Å². The van der Waals surface area contributed by atoms with Crippen LogP contribution in [0.2, 0.25) is 0 Å². The van der Waals surface area contributed by atoms with Crippen molar-refractivity contribution in [1.29, 1.82) is 0 Å². The number of halogens is 1. The summed E-state index contributed by atoms with van der Waals surface area (Å²) in [7, 11) is 0. The summed E-state index contributed by atoms with van der Waals surface area (Å²) in [4.78, 5) is 12.2. The molecule has 0 bridgehead atoms. The van der Waals surface area contributed by atoms with Gasteiger partial charge in [-0.15, -0.1) is 12.4 Å². The van der Waals surface area contributed by atoms with Gasteiger partial charge in [0.15, 0.2) is 0 Å². The van der Waals surface area contributed by atoms with E-state index in [1.54, 1.807) is 0 Å². The van der Waals surface area contributed by atoms with Gasteiger partial charge in [-0.05, 0) is 49.8 Å². The Kier molecular flexibility index (Phi) is 9.11.